The summed E-state index contributed by atoms with van der Waals surface area (Å²) in [6.45, 7) is 4.61. The molecule has 1 aromatic carbocycles. The first-order valence-electron chi connectivity index (χ1n) is 8.43. The summed E-state index contributed by atoms with van der Waals surface area (Å²) in [5.74, 6) is -1.46. The van der Waals surface area contributed by atoms with Crippen molar-refractivity contribution >= 4 is 11.9 Å². The first-order valence-corrected chi connectivity index (χ1v) is 8.43. The van der Waals surface area contributed by atoms with E-state index in [4.69, 9.17) is 34.0 Å². The first-order chi connectivity index (χ1) is 13.5. The van der Waals surface area contributed by atoms with Gasteiger partial charge >= 0.3 is 11.9 Å². The summed E-state index contributed by atoms with van der Waals surface area (Å²) in [6, 6.07) is 11.5. The van der Waals surface area contributed by atoms with Crippen molar-refractivity contribution in [3.63, 3.8) is 0 Å². The van der Waals surface area contributed by atoms with Gasteiger partial charge in [-0.15, -0.1) is 0 Å². The zero-order valence-electron chi connectivity index (χ0n) is 15.8. The van der Waals surface area contributed by atoms with Crippen molar-refractivity contribution < 1.29 is 34.0 Å². The summed E-state index contributed by atoms with van der Waals surface area (Å²) in [5, 5.41) is 18.0. The number of carboxylic acid groups (broad SMARTS) is 2. The number of aromatic nitrogens is 1. The maximum absolute atomic E-state index is 9.10. The van der Waals surface area contributed by atoms with Crippen LogP contribution in [0.1, 0.15) is 5.56 Å². The van der Waals surface area contributed by atoms with Crippen LogP contribution in [0.4, 0.5) is 0 Å². The third-order valence-corrected chi connectivity index (χ3v) is 3.27. The number of benzene rings is 1. The minimum atomic E-state index is -1.82. The van der Waals surface area contributed by atoms with Crippen LogP contribution >= 0.6 is 0 Å². The van der Waals surface area contributed by atoms with Crippen molar-refractivity contribution in [1.82, 2.24) is 10.3 Å². The van der Waals surface area contributed by atoms with Gasteiger partial charge in [0.25, 0.3) is 0 Å². The molecule has 2 aromatic rings. The number of aliphatic carboxylic acids is 2. The Morgan fingerprint density at radius 3 is 2.14 bits per heavy atom. The fraction of sp³-hybridized carbons (Fsp3) is 0.316. The lowest BCUT2D eigenvalue weighted by Gasteiger charge is -2.11. The van der Waals surface area contributed by atoms with Crippen LogP contribution in [-0.2, 0) is 9.59 Å². The Hall–Kier alpha value is -3.33. The molecular formula is C19H24N2O7. The second kappa shape index (κ2) is 12.9. The Balaban J connectivity index is 0.000000568. The van der Waals surface area contributed by atoms with E-state index in [0.29, 0.717) is 19.1 Å². The van der Waals surface area contributed by atoms with E-state index in [1.54, 1.807) is 13.3 Å². The zero-order chi connectivity index (χ0) is 20.8. The molecule has 0 atom stereocenters. The van der Waals surface area contributed by atoms with Gasteiger partial charge in [0.2, 0.25) is 5.88 Å². The van der Waals surface area contributed by atoms with Crippen LogP contribution in [0, 0.1) is 6.92 Å². The maximum Gasteiger partial charge on any atom is 0.414 e. The molecule has 9 heteroatoms. The average Bonchev–Trinajstić information content (AvgIpc) is 2.69. The number of carboxylic acids is 2. The number of hydrogen-bond donors (Lipinski definition) is 3. The van der Waals surface area contributed by atoms with Gasteiger partial charge in [-0.3, -0.25) is 0 Å². The number of para-hydroxylation sites is 2. The van der Waals surface area contributed by atoms with Crippen molar-refractivity contribution in [1.29, 1.82) is 0 Å². The molecule has 0 aliphatic carbocycles. The van der Waals surface area contributed by atoms with Crippen LogP contribution in [-0.4, -0.2) is 60.5 Å². The summed E-state index contributed by atoms with van der Waals surface area (Å²) < 4.78 is 16.5. The van der Waals surface area contributed by atoms with Gasteiger partial charge in [0.1, 0.15) is 13.2 Å². The molecule has 9 nitrogen and oxygen atoms in total. The van der Waals surface area contributed by atoms with Crippen LogP contribution in [0.15, 0.2) is 42.6 Å². The minimum Gasteiger partial charge on any atom is -0.493 e. The molecule has 1 heterocycles. The van der Waals surface area contributed by atoms with Crippen molar-refractivity contribution in [3.8, 4) is 17.4 Å². The normalized spacial score (nSPS) is 9.64. The molecule has 0 radical (unpaired) electrons. The van der Waals surface area contributed by atoms with Gasteiger partial charge in [0.05, 0.1) is 7.11 Å². The second-order valence-corrected chi connectivity index (χ2v) is 5.33. The number of nitrogens with one attached hydrogen (secondary N) is 1. The fourth-order valence-corrected chi connectivity index (χ4v) is 1.94. The Labute approximate surface area is 162 Å². The zero-order valence-corrected chi connectivity index (χ0v) is 15.8. The molecule has 28 heavy (non-hydrogen) atoms. The van der Waals surface area contributed by atoms with E-state index < -0.39 is 11.9 Å². The second-order valence-electron chi connectivity index (χ2n) is 5.33. The molecule has 1 aromatic heterocycles. The molecule has 0 aliphatic rings. The predicted molar refractivity (Wildman–Crippen MR) is 101 cm³/mol. The van der Waals surface area contributed by atoms with Crippen molar-refractivity contribution in [3.05, 3.63) is 48.2 Å². The number of rotatable bonds is 9. The Kier molecular flexibility index (Phi) is 10.5. The minimum absolute atomic E-state index is 0.572. The lowest BCUT2D eigenvalue weighted by molar-refractivity contribution is -0.159. The van der Waals surface area contributed by atoms with E-state index in [-0.39, 0.29) is 0 Å². The number of carbonyl (C=O) groups is 2. The highest BCUT2D eigenvalue weighted by Crippen LogP contribution is 2.25. The number of ether oxygens (including phenoxy) is 3. The highest BCUT2D eigenvalue weighted by Gasteiger charge is 2.04. The molecule has 0 spiro atoms. The molecule has 3 N–H and O–H groups in total. The highest BCUT2D eigenvalue weighted by molar-refractivity contribution is 6.27. The highest BCUT2D eigenvalue weighted by atomic mass is 16.5. The van der Waals surface area contributed by atoms with E-state index in [1.165, 1.54) is 0 Å². The molecule has 0 bridgehead atoms. The third-order valence-electron chi connectivity index (χ3n) is 3.27. The molecule has 152 valence electrons. The molecule has 0 saturated heterocycles. The summed E-state index contributed by atoms with van der Waals surface area (Å²) >= 11 is 0. The van der Waals surface area contributed by atoms with E-state index in [1.807, 2.05) is 43.3 Å². The lowest BCUT2D eigenvalue weighted by Crippen LogP contribution is -2.26. The molecule has 0 unspecified atom stereocenters. The molecule has 0 fully saturated rings. The Morgan fingerprint density at radius 1 is 0.964 bits per heavy atom. The smallest absolute Gasteiger partial charge is 0.414 e. The quantitative estimate of drug-likeness (QED) is 0.431. The molecule has 0 saturated carbocycles. The van der Waals surface area contributed by atoms with Gasteiger partial charge in [-0.05, 0) is 25.1 Å². The van der Waals surface area contributed by atoms with E-state index in [0.717, 1.165) is 30.2 Å². The third kappa shape index (κ3) is 8.86. The first kappa shape index (κ1) is 22.7. The SMILES string of the molecule is COc1ccccc1OCCNCCOc1ncccc1C.O=C(O)C(=O)O. The topological polar surface area (TPSA) is 127 Å². The predicted octanol–water partition coefficient (Wildman–Crippen LogP) is 1.60. The summed E-state index contributed by atoms with van der Waals surface area (Å²) in [5.41, 5.74) is 1.04. The molecule has 2 rings (SSSR count). The number of aryl methyl sites for hydroxylation is 1. The molecule has 0 amide bonds. The summed E-state index contributed by atoms with van der Waals surface area (Å²) in [7, 11) is 1.64. The Morgan fingerprint density at radius 2 is 1.57 bits per heavy atom. The fourth-order valence-electron chi connectivity index (χ4n) is 1.94. The van der Waals surface area contributed by atoms with E-state index in [9.17, 15) is 0 Å². The van der Waals surface area contributed by atoms with Crippen molar-refractivity contribution in [2.75, 3.05) is 33.4 Å². The van der Waals surface area contributed by atoms with Gasteiger partial charge in [-0.1, -0.05) is 18.2 Å². The van der Waals surface area contributed by atoms with Crippen LogP contribution < -0.4 is 19.5 Å². The van der Waals surface area contributed by atoms with Gasteiger partial charge in [-0.2, -0.15) is 0 Å². The Bertz CT molecular complexity index is 741. The monoisotopic (exact) mass is 392 g/mol. The standard InChI is InChI=1S/C17H22N2O3.C2H2O4/c1-14-6-5-9-19-17(14)22-13-11-18-10-12-21-16-8-4-3-7-15(16)20-2;3-1(4)2(5)6/h3-9,18H,10-13H2,1-2H3;(H,3,4)(H,5,6). The summed E-state index contributed by atoms with van der Waals surface area (Å²) in [6.07, 6.45) is 1.73. The number of pyridine rings is 1. The summed E-state index contributed by atoms with van der Waals surface area (Å²) in [4.78, 5) is 22.4. The van der Waals surface area contributed by atoms with Gasteiger partial charge in [0, 0.05) is 24.8 Å². The van der Waals surface area contributed by atoms with Crippen LogP contribution in [0.5, 0.6) is 17.4 Å². The number of hydrogen-bond acceptors (Lipinski definition) is 7. The van der Waals surface area contributed by atoms with Crippen LogP contribution in [0.25, 0.3) is 0 Å². The number of nitrogens with zero attached hydrogens (tertiary/aromatic N) is 1. The van der Waals surface area contributed by atoms with Gasteiger partial charge in [0.15, 0.2) is 11.5 Å². The molecule has 0 aliphatic heterocycles. The van der Waals surface area contributed by atoms with Gasteiger partial charge < -0.3 is 29.7 Å². The maximum atomic E-state index is 9.10. The van der Waals surface area contributed by atoms with E-state index >= 15 is 0 Å². The van der Waals surface area contributed by atoms with E-state index in [2.05, 4.69) is 10.3 Å². The van der Waals surface area contributed by atoms with Crippen molar-refractivity contribution in [2.45, 2.75) is 6.92 Å². The largest absolute Gasteiger partial charge is 0.493 e. The van der Waals surface area contributed by atoms with Gasteiger partial charge in [-0.25, -0.2) is 14.6 Å². The number of methoxy groups -OCH3 is 1. The van der Waals surface area contributed by atoms with Crippen LogP contribution in [0.3, 0.4) is 0 Å². The van der Waals surface area contributed by atoms with Crippen LogP contribution in [0.2, 0.25) is 0 Å². The van der Waals surface area contributed by atoms with Crippen molar-refractivity contribution in [2.24, 2.45) is 0 Å². The average molecular weight is 392 g/mol. The molecular weight excluding hydrogens is 368 g/mol. The lowest BCUT2D eigenvalue weighted by atomic mass is 10.3.